The highest BCUT2D eigenvalue weighted by molar-refractivity contribution is 9.10. The predicted molar refractivity (Wildman–Crippen MR) is 91.1 cm³/mol. The molecule has 6 heteroatoms. The molecule has 1 heterocycles. The number of hydrogen-bond acceptors (Lipinski definition) is 4. The average molecular weight is 364 g/mol. The number of aliphatic hydroxyl groups is 1. The van der Waals surface area contributed by atoms with Crippen LogP contribution in [-0.4, -0.2) is 28.1 Å². The SMILES string of the molecule is CC(C)(CO)Nc1ccc(NC(=O)c2ccccc2Br)cn1. The van der Waals surface area contributed by atoms with Crippen LogP contribution in [0, 0.1) is 0 Å². The van der Waals surface area contributed by atoms with Crippen LogP contribution in [0.15, 0.2) is 47.1 Å². The Morgan fingerprint density at radius 2 is 2.00 bits per heavy atom. The van der Waals surface area contributed by atoms with Crippen LogP contribution in [-0.2, 0) is 0 Å². The number of aromatic nitrogens is 1. The van der Waals surface area contributed by atoms with Crippen molar-refractivity contribution < 1.29 is 9.90 Å². The first-order valence-electron chi connectivity index (χ1n) is 6.82. The molecule has 0 fully saturated rings. The van der Waals surface area contributed by atoms with Crippen molar-refractivity contribution >= 4 is 33.3 Å². The Morgan fingerprint density at radius 1 is 1.27 bits per heavy atom. The lowest BCUT2D eigenvalue weighted by molar-refractivity contribution is 0.102. The van der Waals surface area contributed by atoms with Gasteiger partial charge < -0.3 is 15.7 Å². The lowest BCUT2D eigenvalue weighted by Gasteiger charge is -2.24. The van der Waals surface area contributed by atoms with E-state index < -0.39 is 5.54 Å². The number of halogens is 1. The van der Waals surface area contributed by atoms with Gasteiger partial charge in [-0.2, -0.15) is 0 Å². The number of nitrogens with one attached hydrogen (secondary N) is 2. The van der Waals surface area contributed by atoms with Gasteiger partial charge in [-0.3, -0.25) is 4.79 Å². The maximum Gasteiger partial charge on any atom is 0.256 e. The molecule has 1 amide bonds. The summed E-state index contributed by atoms with van der Waals surface area (Å²) in [4.78, 5) is 16.4. The molecular weight excluding hydrogens is 346 g/mol. The third kappa shape index (κ3) is 4.29. The molecule has 1 aromatic carbocycles. The Bertz CT molecular complexity index is 657. The number of aliphatic hydroxyl groups excluding tert-OH is 1. The largest absolute Gasteiger partial charge is 0.394 e. The fourth-order valence-electron chi connectivity index (χ4n) is 1.77. The molecule has 0 aliphatic heterocycles. The van der Waals surface area contributed by atoms with Gasteiger partial charge in [-0.15, -0.1) is 0 Å². The Morgan fingerprint density at radius 3 is 2.59 bits per heavy atom. The number of pyridine rings is 1. The quantitative estimate of drug-likeness (QED) is 0.761. The van der Waals surface area contributed by atoms with E-state index in [0.717, 1.165) is 4.47 Å². The Hall–Kier alpha value is -1.92. The van der Waals surface area contributed by atoms with Gasteiger partial charge in [-0.25, -0.2) is 4.98 Å². The first kappa shape index (κ1) is 16.5. The monoisotopic (exact) mass is 363 g/mol. The number of carbonyl (C=O) groups excluding carboxylic acids is 1. The molecule has 0 bridgehead atoms. The van der Waals surface area contributed by atoms with Crippen LogP contribution in [0.2, 0.25) is 0 Å². The van der Waals surface area contributed by atoms with E-state index in [9.17, 15) is 9.90 Å². The summed E-state index contributed by atoms with van der Waals surface area (Å²) in [5.41, 5.74) is 0.714. The van der Waals surface area contributed by atoms with Crippen molar-refractivity contribution in [3.63, 3.8) is 0 Å². The third-order valence-corrected chi connectivity index (χ3v) is 3.69. The summed E-state index contributed by atoms with van der Waals surface area (Å²) in [5.74, 6) is 0.434. The molecule has 0 aliphatic rings. The van der Waals surface area contributed by atoms with Crippen LogP contribution in [0.25, 0.3) is 0 Å². The van der Waals surface area contributed by atoms with Gasteiger partial charge in [0.1, 0.15) is 5.82 Å². The van der Waals surface area contributed by atoms with Crippen molar-refractivity contribution in [3.05, 3.63) is 52.6 Å². The second-order valence-corrected chi connectivity index (χ2v) is 6.39. The first-order valence-corrected chi connectivity index (χ1v) is 7.61. The van der Waals surface area contributed by atoms with E-state index in [1.54, 1.807) is 24.4 Å². The maximum atomic E-state index is 12.2. The van der Waals surface area contributed by atoms with Gasteiger partial charge in [0.05, 0.1) is 29.6 Å². The third-order valence-electron chi connectivity index (χ3n) is 3.00. The summed E-state index contributed by atoms with van der Waals surface area (Å²) in [7, 11) is 0. The van der Waals surface area contributed by atoms with Gasteiger partial charge in [0, 0.05) is 4.47 Å². The highest BCUT2D eigenvalue weighted by Gasteiger charge is 2.16. The zero-order valence-electron chi connectivity index (χ0n) is 12.4. The van der Waals surface area contributed by atoms with Crippen LogP contribution >= 0.6 is 15.9 Å². The summed E-state index contributed by atoms with van der Waals surface area (Å²) in [5, 5.41) is 15.1. The average Bonchev–Trinajstić information content (AvgIpc) is 2.49. The number of benzene rings is 1. The summed E-state index contributed by atoms with van der Waals surface area (Å²) in [6, 6.07) is 10.7. The van der Waals surface area contributed by atoms with Gasteiger partial charge in [-0.05, 0) is 54.0 Å². The van der Waals surface area contributed by atoms with Crippen molar-refractivity contribution in [3.8, 4) is 0 Å². The van der Waals surface area contributed by atoms with E-state index in [-0.39, 0.29) is 12.5 Å². The molecule has 0 saturated heterocycles. The highest BCUT2D eigenvalue weighted by Crippen LogP contribution is 2.19. The first-order chi connectivity index (χ1) is 10.4. The minimum atomic E-state index is -0.452. The Kier molecular flexibility index (Phi) is 5.15. The molecule has 22 heavy (non-hydrogen) atoms. The van der Waals surface area contributed by atoms with Crippen molar-refractivity contribution in [2.45, 2.75) is 19.4 Å². The van der Waals surface area contributed by atoms with Crippen LogP contribution in [0.1, 0.15) is 24.2 Å². The molecule has 0 saturated carbocycles. The number of anilines is 2. The zero-order chi connectivity index (χ0) is 16.2. The van der Waals surface area contributed by atoms with E-state index in [1.165, 1.54) is 0 Å². The molecular formula is C16H18BrN3O2. The van der Waals surface area contributed by atoms with Crippen LogP contribution in [0.5, 0.6) is 0 Å². The highest BCUT2D eigenvalue weighted by atomic mass is 79.9. The molecule has 116 valence electrons. The molecule has 1 aromatic heterocycles. The van der Waals surface area contributed by atoms with E-state index in [4.69, 9.17) is 0 Å². The summed E-state index contributed by atoms with van der Waals surface area (Å²) >= 11 is 3.35. The molecule has 0 radical (unpaired) electrons. The molecule has 0 atom stereocenters. The van der Waals surface area contributed by atoms with Crippen molar-refractivity contribution in [1.29, 1.82) is 0 Å². The molecule has 5 nitrogen and oxygen atoms in total. The summed E-state index contributed by atoms with van der Waals surface area (Å²) < 4.78 is 0.739. The number of hydrogen-bond donors (Lipinski definition) is 3. The van der Waals surface area contributed by atoms with Crippen LogP contribution in [0.4, 0.5) is 11.5 Å². The topological polar surface area (TPSA) is 74.2 Å². The maximum absolute atomic E-state index is 12.2. The van der Waals surface area contributed by atoms with Gasteiger partial charge in [0.25, 0.3) is 5.91 Å². The summed E-state index contributed by atoms with van der Waals surface area (Å²) in [6.45, 7) is 3.74. The zero-order valence-corrected chi connectivity index (χ0v) is 14.0. The van der Waals surface area contributed by atoms with Gasteiger partial charge in [0.2, 0.25) is 0 Å². The molecule has 0 spiro atoms. The van der Waals surface area contributed by atoms with Gasteiger partial charge >= 0.3 is 0 Å². The Labute approximate surface area is 137 Å². The summed E-state index contributed by atoms with van der Waals surface area (Å²) in [6.07, 6.45) is 1.57. The normalized spacial score (nSPS) is 11.1. The second kappa shape index (κ2) is 6.89. The number of carbonyl (C=O) groups is 1. The number of rotatable bonds is 5. The fraction of sp³-hybridized carbons (Fsp3) is 0.250. The van der Waals surface area contributed by atoms with Gasteiger partial charge in [0.15, 0.2) is 0 Å². The Balaban J connectivity index is 2.06. The predicted octanol–water partition coefficient (Wildman–Crippen LogP) is 3.28. The lowest BCUT2D eigenvalue weighted by Crippen LogP contribution is -2.35. The molecule has 2 aromatic rings. The van der Waals surface area contributed by atoms with Gasteiger partial charge in [-0.1, -0.05) is 12.1 Å². The molecule has 2 rings (SSSR count). The van der Waals surface area contributed by atoms with Crippen molar-refractivity contribution in [2.75, 3.05) is 17.2 Å². The fourth-order valence-corrected chi connectivity index (χ4v) is 2.24. The van der Waals surface area contributed by atoms with E-state index in [1.807, 2.05) is 32.0 Å². The van der Waals surface area contributed by atoms with E-state index in [0.29, 0.717) is 17.1 Å². The van der Waals surface area contributed by atoms with Crippen LogP contribution < -0.4 is 10.6 Å². The van der Waals surface area contributed by atoms with Crippen molar-refractivity contribution in [2.24, 2.45) is 0 Å². The second-order valence-electron chi connectivity index (χ2n) is 5.53. The van der Waals surface area contributed by atoms with Crippen LogP contribution in [0.3, 0.4) is 0 Å². The standard InChI is InChI=1S/C16H18BrN3O2/c1-16(2,10-21)20-14-8-7-11(9-18-14)19-15(22)12-5-3-4-6-13(12)17/h3-9,21H,10H2,1-2H3,(H,18,20)(H,19,22). The van der Waals surface area contributed by atoms with Crippen molar-refractivity contribution in [1.82, 2.24) is 4.98 Å². The molecule has 0 aliphatic carbocycles. The minimum absolute atomic E-state index is 0.00476. The number of amides is 1. The number of nitrogens with zero attached hydrogens (tertiary/aromatic N) is 1. The molecule has 0 unspecified atom stereocenters. The van der Waals surface area contributed by atoms with E-state index in [2.05, 4.69) is 31.5 Å². The lowest BCUT2D eigenvalue weighted by atomic mass is 10.1. The van der Waals surface area contributed by atoms with E-state index >= 15 is 0 Å². The molecule has 3 N–H and O–H groups in total. The smallest absolute Gasteiger partial charge is 0.256 e. The minimum Gasteiger partial charge on any atom is -0.394 e.